The first-order valence-corrected chi connectivity index (χ1v) is 11.4. The predicted octanol–water partition coefficient (Wildman–Crippen LogP) is 1.28. The summed E-state index contributed by atoms with van der Waals surface area (Å²) in [5.74, 6) is -0.402. The molecule has 1 aliphatic rings. The second-order valence-corrected chi connectivity index (χ2v) is 10.4. The maximum atomic E-state index is 12.5. The average molecular weight is 424 g/mol. The van der Waals surface area contributed by atoms with Crippen LogP contribution < -0.4 is 10.0 Å². The molecule has 1 amide bonds. The van der Waals surface area contributed by atoms with E-state index in [0.717, 1.165) is 37.3 Å². The molecule has 1 fully saturated rings. The fourth-order valence-electron chi connectivity index (χ4n) is 2.86. The van der Waals surface area contributed by atoms with Crippen molar-refractivity contribution in [3.8, 4) is 0 Å². The first-order chi connectivity index (χ1) is 12.2. The van der Waals surface area contributed by atoms with Crippen molar-refractivity contribution >= 4 is 38.9 Å². The second kappa shape index (κ2) is 9.48. The van der Waals surface area contributed by atoms with Gasteiger partial charge in [-0.3, -0.25) is 4.79 Å². The number of likely N-dealkylation sites (tertiary alicyclic amines) is 1. The molecule has 1 aliphatic heterocycles. The maximum Gasteiger partial charge on any atom is 0.261 e. The zero-order valence-electron chi connectivity index (χ0n) is 14.9. The minimum atomic E-state index is -3.74. The van der Waals surface area contributed by atoms with Crippen molar-refractivity contribution in [2.45, 2.75) is 44.0 Å². The Bertz CT molecular complexity index is 700. The Kier molecular flexibility index (Phi) is 7.87. The molecule has 7 nitrogen and oxygen atoms in total. The van der Waals surface area contributed by atoms with Gasteiger partial charge in [0.1, 0.15) is 5.25 Å². The molecule has 0 saturated carbocycles. The molecular formula is C16H26ClN3O4S2. The minimum absolute atomic E-state index is 0.143. The highest BCUT2D eigenvalue weighted by molar-refractivity contribution is 7.90. The van der Waals surface area contributed by atoms with Gasteiger partial charge in [-0.25, -0.2) is 13.1 Å². The molecule has 10 heteroatoms. The summed E-state index contributed by atoms with van der Waals surface area (Å²) in [6.07, 6.45) is 1.46. The lowest BCUT2D eigenvalue weighted by Crippen LogP contribution is -2.51. The number of carbonyl (C=O) groups excluding carboxylic acids is 1. The van der Waals surface area contributed by atoms with Crippen LogP contribution in [-0.4, -0.2) is 67.9 Å². The van der Waals surface area contributed by atoms with Crippen LogP contribution in [0.1, 0.15) is 36.4 Å². The van der Waals surface area contributed by atoms with Gasteiger partial charge in [0.2, 0.25) is 10.0 Å². The molecule has 0 spiro atoms. The van der Waals surface area contributed by atoms with E-state index in [1.807, 2.05) is 0 Å². The number of aliphatic hydroxyl groups is 1. The molecule has 0 aromatic carbocycles. The third-order valence-electron chi connectivity index (χ3n) is 4.52. The van der Waals surface area contributed by atoms with Crippen LogP contribution in [0.15, 0.2) is 12.1 Å². The van der Waals surface area contributed by atoms with Gasteiger partial charge in [-0.05, 0) is 51.9 Å². The molecule has 26 heavy (non-hydrogen) atoms. The number of piperidine rings is 1. The third-order valence-corrected chi connectivity index (χ3v) is 7.61. The van der Waals surface area contributed by atoms with Crippen molar-refractivity contribution in [3.05, 3.63) is 21.3 Å². The number of carbonyl (C=O) groups is 1. The maximum absolute atomic E-state index is 12.5. The first-order valence-electron chi connectivity index (χ1n) is 8.62. The molecule has 1 unspecified atom stereocenters. The Balaban J connectivity index is 1.88. The standard InChI is InChI=1S/C16H26ClN3O4S2/c1-11(2)20-7-5-12(6-8-20)19-26(23,24)13(10-21)9-18-16(22)14-3-4-15(17)25-14/h3-4,11-13,19,21H,5-10H2,1-2H3,(H,18,22). The molecule has 1 saturated heterocycles. The van der Waals surface area contributed by atoms with E-state index in [-0.39, 0.29) is 12.6 Å². The van der Waals surface area contributed by atoms with Crippen LogP contribution in [0.5, 0.6) is 0 Å². The number of nitrogens with zero attached hydrogens (tertiary/aromatic N) is 1. The van der Waals surface area contributed by atoms with Crippen LogP contribution in [0.2, 0.25) is 4.34 Å². The van der Waals surface area contributed by atoms with Crippen LogP contribution in [0.25, 0.3) is 0 Å². The summed E-state index contributed by atoms with van der Waals surface area (Å²) in [4.78, 5) is 14.7. The molecule has 1 atom stereocenters. The van der Waals surface area contributed by atoms with Gasteiger partial charge < -0.3 is 15.3 Å². The van der Waals surface area contributed by atoms with Gasteiger partial charge in [-0.2, -0.15) is 0 Å². The summed E-state index contributed by atoms with van der Waals surface area (Å²) >= 11 is 6.91. The number of hydrogen-bond acceptors (Lipinski definition) is 6. The van der Waals surface area contributed by atoms with Gasteiger partial charge in [0, 0.05) is 18.6 Å². The summed E-state index contributed by atoms with van der Waals surface area (Å²) in [7, 11) is -3.74. The summed E-state index contributed by atoms with van der Waals surface area (Å²) in [5.41, 5.74) is 0. The topological polar surface area (TPSA) is 98.7 Å². The highest BCUT2D eigenvalue weighted by atomic mass is 35.5. The first kappa shape index (κ1) is 21.6. The average Bonchev–Trinajstić information content (AvgIpc) is 3.01. The summed E-state index contributed by atoms with van der Waals surface area (Å²) < 4.78 is 28.3. The van der Waals surface area contributed by atoms with Crippen LogP contribution in [0.3, 0.4) is 0 Å². The lowest BCUT2D eigenvalue weighted by atomic mass is 10.1. The molecule has 0 radical (unpaired) electrons. The van der Waals surface area contributed by atoms with Gasteiger partial charge in [0.05, 0.1) is 15.8 Å². The summed E-state index contributed by atoms with van der Waals surface area (Å²) in [6, 6.07) is 3.48. The van der Waals surface area contributed by atoms with Crippen molar-refractivity contribution in [3.63, 3.8) is 0 Å². The van der Waals surface area contributed by atoms with E-state index < -0.39 is 27.8 Å². The van der Waals surface area contributed by atoms with Crippen molar-refractivity contribution in [2.75, 3.05) is 26.2 Å². The van der Waals surface area contributed by atoms with Crippen molar-refractivity contribution < 1.29 is 18.3 Å². The SMILES string of the molecule is CC(C)N1CCC(NS(=O)(=O)C(CO)CNC(=O)c2ccc(Cl)s2)CC1. The molecule has 148 valence electrons. The van der Waals surface area contributed by atoms with Crippen LogP contribution in [-0.2, 0) is 10.0 Å². The fraction of sp³-hybridized carbons (Fsp3) is 0.688. The summed E-state index contributed by atoms with van der Waals surface area (Å²) in [5, 5.41) is 11.0. The molecule has 2 rings (SSSR count). The number of hydrogen-bond donors (Lipinski definition) is 3. The summed E-state index contributed by atoms with van der Waals surface area (Å²) in [6.45, 7) is 5.19. The van der Waals surface area contributed by atoms with Gasteiger partial charge in [0.25, 0.3) is 5.91 Å². The predicted molar refractivity (Wildman–Crippen MR) is 104 cm³/mol. The Morgan fingerprint density at radius 1 is 1.38 bits per heavy atom. The number of nitrogens with one attached hydrogen (secondary N) is 2. The molecule has 1 aromatic rings. The second-order valence-electron chi connectivity index (χ2n) is 6.69. The molecule has 1 aromatic heterocycles. The zero-order valence-corrected chi connectivity index (χ0v) is 17.3. The number of halogens is 1. The molecule has 2 heterocycles. The van der Waals surface area contributed by atoms with E-state index in [9.17, 15) is 18.3 Å². The van der Waals surface area contributed by atoms with Crippen molar-refractivity contribution in [1.82, 2.24) is 14.9 Å². The number of amides is 1. The monoisotopic (exact) mass is 423 g/mol. The smallest absolute Gasteiger partial charge is 0.261 e. The molecule has 0 aliphatic carbocycles. The highest BCUT2D eigenvalue weighted by Gasteiger charge is 2.30. The number of thiophene rings is 1. The Morgan fingerprint density at radius 3 is 2.54 bits per heavy atom. The van der Waals surface area contributed by atoms with Crippen LogP contribution >= 0.6 is 22.9 Å². The number of rotatable bonds is 8. The Hall–Kier alpha value is -0.710. The Labute approximate surface area is 163 Å². The van der Waals surface area contributed by atoms with Gasteiger partial charge in [-0.1, -0.05) is 11.6 Å². The Morgan fingerprint density at radius 2 is 2.04 bits per heavy atom. The van der Waals surface area contributed by atoms with E-state index in [2.05, 4.69) is 28.8 Å². The lowest BCUT2D eigenvalue weighted by molar-refractivity contribution is 0.0955. The van der Waals surface area contributed by atoms with E-state index in [0.29, 0.717) is 15.3 Å². The van der Waals surface area contributed by atoms with Crippen molar-refractivity contribution in [1.29, 1.82) is 0 Å². The van der Waals surface area contributed by atoms with Crippen LogP contribution in [0.4, 0.5) is 0 Å². The lowest BCUT2D eigenvalue weighted by Gasteiger charge is -2.35. The van der Waals surface area contributed by atoms with Crippen LogP contribution in [0, 0.1) is 0 Å². The number of aliphatic hydroxyl groups excluding tert-OH is 1. The minimum Gasteiger partial charge on any atom is -0.395 e. The largest absolute Gasteiger partial charge is 0.395 e. The third kappa shape index (κ3) is 5.90. The molecular weight excluding hydrogens is 398 g/mol. The van der Waals surface area contributed by atoms with Crippen molar-refractivity contribution in [2.24, 2.45) is 0 Å². The molecule has 3 N–H and O–H groups in total. The van der Waals surface area contributed by atoms with Gasteiger partial charge in [-0.15, -0.1) is 11.3 Å². The zero-order chi connectivity index (χ0) is 19.3. The van der Waals surface area contributed by atoms with E-state index in [4.69, 9.17) is 11.6 Å². The van der Waals surface area contributed by atoms with Gasteiger partial charge >= 0.3 is 0 Å². The normalized spacial score (nSPS) is 18.2. The van der Waals surface area contributed by atoms with E-state index in [1.54, 1.807) is 12.1 Å². The highest BCUT2D eigenvalue weighted by Crippen LogP contribution is 2.21. The van der Waals surface area contributed by atoms with E-state index in [1.165, 1.54) is 0 Å². The molecule has 0 bridgehead atoms. The quantitative estimate of drug-likeness (QED) is 0.585. The fourth-order valence-corrected chi connectivity index (χ4v) is 5.22. The van der Waals surface area contributed by atoms with Gasteiger partial charge in [0.15, 0.2) is 0 Å². The van der Waals surface area contributed by atoms with E-state index >= 15 is 0 Å². The number of sulfonamides is 1.